The quantitative estimate of drug-likeness (QED) is 0.726. The van der Waals surface area contributed by atoms with Gasteiger partial charge in [0.05, 0.1) is 17.3 Å². The first-order valence-corrected chi connectivity index (χ1v) is 8.12. The number of ether oxygens (including phenoxy) is 1. The van der Waals surface area contributed by atoms with Gasteiger partial charge in [-0.15, -0.1) is 0 Å². The molecule has 1 aromatic rings. The second kappa shape index (κ2) is 6.56. The Balaban J connectivity index is 1.96. The van der Waals surface area contributed by atoms with E-state index in [1.165, 1.54) is 0 Å². The number of hydrogen-bond acceptors (Lipinski definition) is 5. The lowest BCUT2D eigenvalue weighted by atomic mass is 10.0. The van der Waals surface area contributed by atoms with Crippen LogP contribution in [0.2, 0.25) is 0 Å². The van der Waals surface area contributed by atoms with E-state index in [9.17, 15) is 5.11 Å². The van der Waals surface area contributed by atoms with Crippen LogP contribution < -0.4 is 11.1 Å². The maximum Gasteiger partial charge on any atom is 0.213 e. The minimum atomic E-state index is -0.902. The third kappa shape index (κ3) is 4.21. The molecule has 1 aliphatic carbocycles. The van der Waals surface area contributed by atoms with Crippen molar-refractivity contribution in [1.82, 2.24) is 15.1 Å². The predicted molar refractivity (Wildman–Crippen MR) is 87.4 cm³/mol. The second-order valence-corrected chi connectivity index (χ2v) is 7.52. The summed E-state index contributed by atoms with van der Waals surface area (Å²) < 4.78 is 7.54. The van der Waals surface area contributed by atoms with Gasteiger partial charge in [-0.25, -0.2) is 4.68 Å². The van der Waals surface area contributed by atoms with Gasteiger partial charge in [-0.2, -0.15) is 5.10 Å². The predicted octanol–water partition coefficient (Wildman–Crippen LogP) is 2.15. The van der Waals surface area contributed by atoms with Crippen LogP contribution in [0.4, 0.5) is 5.82 Å². The number of aliphatic hydroxyl groups excluding tert-OH is 1. The molecule has 126 valence electrons. The molecule has 3 atom stereocenters. The van der Waals surface area contributed by atoms with E-state index in [4.69, 9.17) is 10.5 Å². The van der Waals surface area contributed by atoms with Crippen LogP contribution in [0.3, 0.4) is 0 Å². The molecule has 1 fully saturated rings. The Morgan fingerprint density at radius 2 is 2.09 bits per heavy atom. The van der Waals surface area contributed by atoms with Crippen molar-refractivity contribution in [1.29, 1.82) is 0 Å². The minimum Gasteiger partial charge on any atom is -0.384 e. The molecule has 2 rings (SSSR count). The number of nitrogens with two attached hydrogens (primary N) is 1. The fourth-order valence-electron chi connectivity index (χ4n) is 2.99. The molecule has 6 heteroatoms. The van der Waals surface area contributed by atoms with Crippen LogP contribution in [-0.2, 0) is 10.3 Å². The molecule has 1 unspecified atom stereocenters. The van der Waals surface area contributed by atoms with Crippen molar-refractivity contribution in [3.63, 3.8) is 0 Å². The summed E-state index contributed by atoms with van der Waals surface area (Å²) >= 11 is 0. The molecule has 0 amide bonds. The van der Waals surface area contributed by atoms with Crippen LogP contribution >= 0.6 is 0 Å². The molecule has 1 aromatic heterocycles. The topological polar surface area (TPSA) is 85.3 Å². The van der Waals surface area contributed by atoms with Gasteiger partial charge in [-0.1, -0.05) is 0 Å². The Kier molecular flexibility index (Phi) is 5.14. The van der Waals surface area contributed by atoms with Crippen molar-refractivity contribution in [2.24, 2.45) is 0 Å². The highest BCUT2D eigenvalue weighted by Crippen LogP contribution is 2.37. The number of nitrogens with zero attached hydrogens (tertiary/aromatic N) is 2. The highest BCUT2D eigenvalue weighted by molar-refractivity contribution is 5.34. The maximum atomic E-state index is 9.82. The minimum absolute atomic E-state index is 0.0623. The molecule has 0 radical (unpaired) electrons. The summed E-state index contributed by atoms with van der Waals surface area (Å²) in [5, 5.41) is 17.5. The van der Waals surface area contributed by atoms with Crippen molar-refractivity contribution < 1.29 is 9.84 Å². The molecule has 1 aliphatic rings. The molecule has 22 heavy (non-hydrogen) atoms. The fourth-order valence-corrected chi connectivity index (χ4v) is 2.99. The van der Waals surface area contributed by atoms with E-state index in [-0.39, 0.29) is 17.7 Å². The van der Waals surface area contributed by atoms with Crippen LogP contribution in [0.1, 0.15) is 65.5 Å². The highest BCUT2D eigenvalue weighted by Gasteiger charge is 2.31. The van der Waals surface area contributed by atoms with E-state index in [1.54, 1.807) is 0 Å². The van der Waals surface area contributed by atoms with E-state index in [2.05, 4.69) is 31.2 Å². The summed E-state index contributed by atoms with van der Waals surface area (Å²) in [6.45, 7) is 10.2. The van der Waals surface area contributed by atoms with Crippen LogP contribution in [0.5, 0.6) is 0 Å². The largest absolute Gasteiger partial charge is 0.384 e. The molecule has 0 saturated heterocycles. The first kappa shape index (κ1) is 17.2. The second-order valence-electron chi connectivity index (χ2n) is 7.52. The van der Waals surface area contributed by atoms with E-state index in [1.807, 2.05) is 24.6 Å². The van der Waals surface area contributed by atoms with E-state index in [0.29, 0.717) is 11.7 Å². The van der Waals surface area contributed by atoms with Gasteiger partial charge >= 0.3 is 0 Å². The van der Waals surface area contributed by atoms with Crippen LogP contribution in [-0.4, -0.2) is 33.4 Å². The number of aliphatic hydroxyl groups is 1. The lowest BCUT2D eigenvalue weighted by Crippen LogP contribution is -2.38. The zero-order valence-corrected chi connectivity index (χ0v) is 14.3. The molecule has 1 heterocycles. The molecule has 0 bridgehead atoms. The number of nitrogen functional groups attached to an aromatic ring is 1. The van der Waals surface area contributed by atoms with Gasteiger partial charge in [-0.3, -0.25) is 5.32 Å². The van der Waals surface area contributed by atoms with Crippen molar-refractivity contribution in [2.45, 2.75) is 83.9 Å². The van der Waals surface area contributed by atoms with E-state index in [0.717, 1.165) is 25.0 Å². The zero-order chi connectivity index (χ0) is 16.5. The molecule has 0 aliphatic heterocycles. The Hall–Kier alpha value is -1.11. The fraction of sp³-hybridized carbons (Fsp3) is 0.812. The third-order valence-electron chi connectivity index (χ3n) is 3.99. The summed E-state index contributed by atoms with van der Waals surface area (Å²) in [6, 6.07) is 2.16. The lowest BCUT2D eigenvalue weighted by molar-refractivity contribution is -0.155. The van der Waals surface area contributed by atoms with Crippen LogP contribution in [0.15, 0.2) is 6.07 Å². The van der Waals surface area contributed by atoms with Crippen molar-refractivity contribution in [2.75, 3.05) is 5.73 Å². The number of aromatic nitrogens is 2. The third-order valence-corrected chi connectivity index (χ3v) is 3.99. The number of hydrogen-bond donors (Lipinski definition) is 3. The van der Waals surface area contributed by atoms with Gasteiger partial charge in [0.1, 0.15) is 5.82 Å². The van der Waals surface area contributed by atoms with Crippen molar-refractivity contribution in [3.8, 4) is 0 Å². The van der Waals surface area contributed by atoms with Gasteiger partial charge in [0, 0.05) is 18.0 Å². The SMILES string of the molecule is CC(C)NC(O)O[C@@H]1CC[C@H](c2cc(N)n(C(C)(C)C)n2)C1. The lowest BCUT2D eigenvalue weighted by Gasteiger charge is -2.21. The van der Waals surface area contributed by atoms with E-state index < -0.39 is 6.41 Å². The Morgan fingerprint density at radius 3 is 2.64 bits per heavy atom. The van der Waals surface area contributed by atoms with Gasteiger partial charge in [-0.05, 0) is 53.9 Å². The number of anilines is 1. The first-order valence-electron chi connectivity index (χ1n) is 8.12. The van der Waals surface area contributed by atoms with Crippen molar-refractivity contribution in [3.05, 3.63) is 11.8 Å². The van der Waals surface area contributed by atoms with Crippen molar-refractivity contribution >= 4 is 5.82 Å². The standard InChI is InChI=1S/C16H30N4O2/c1-10(2)18-15(21)22-12-7-6-11(8-12)13-9-14(17)20(19-13)16(3,4)5/h9-12,15,18,21H,6-8,17H2,1-5H3/t11-,12+,15?/m0/s1. The van der Waals surface area contributed by atoms with Crippen LogP contribution in [0, 0.1) is 0 Å². The molecule has 4 N–H and O–H groups in total. The smallest absolute Gasteiger partial charge is 0.213 e. The van der Waals surface area contributed by atoms with Gasteiger partial charge in [0.15, 0.2) is 0 Å². The maximum absolute atomic E-state index is 9.82. The zero-order valence-electron chi connectivity index (χ0n) is 14.3. The Bertz CT molecular complexity index is 493. The average molecular weight is 310 g/mol. The summed E-state index contributed by atoms with van der Waals surface area (Å²) in [5.41, 5.74) is 7.00. The molecule has 0 aromatic carbocycles. The number of rotatable bonds is 5. The Morgan fingerprint density at radius 1 is 1.41 bits per heavy atom. The molecule has 0 spiro atoms. The van der Waals surface area contributed by atoms with Gasteiger partial charge in [0.25, 0.3) is 0 Å². The monoisotopic (exact) mass is 310 g/mol. The highest BCUT2D eigenvalue weighted by atomic mass is 16.6. The first-order chi connectivity index (χ1) is 10.2. The van der Waals surface area contributed by atoms with Gasteiger partial charge in [0.2, 0.25) is 6.41 Å². The summed E-state index contributed by atoms with van der Waals surface area (Å²) in [5.74, 6) is 1.05. The Labute approximate surface area is 133 Å². The summed E-state index contributed by atoms with van der Waals surface area (Å²) in [4.78, 5) is 0. The van der Waals surface area contributed by atoms with E-state index >= 15 is 0 Å². The number of nitrogens with one attached hydrogen (secondary N) is 1. The summed E-state index contributed by atoms with van der Waals surface area (Å²) in [7, 11) is 0. The van der Waals surface area contributed by atoms with Crippen LogP contribution in [0.25, 0.3) is 0 Å². The molecular weight excluding hydrogens is 280 g/mol. The summed E-state index contributed by atoms with van der Waals surface area (Å²) in [6.07, 6.45) is 1.98. The molecule has 1 saturated carbocycles. The molecule has 6 nitrogen and oxygen atoms in total. The van der Waals surface area contributed by atoms with Gasteiger partial charge < -0.3 is 15.6 Å². The molecular formula is C16H30N4O2. The average Bonchev–Trinajstić information content (AvgIpc) is 2.93. The normalized spacial score (nSPS) is 24.1.